The summed E-state index contributed by atoms with van der Waals surface area (Å²) in [6.45, 7) is 3.10. The third-order valence-electron chi connectivity index (χ3n) is 6.09. The van der Waals surface area contributed by atoms with Gasteiger partial charge < -0.3 is 5.32 Å². The minimum absolute atomic E-state index is 0.0379. The van der Waals surface area contributed by atoms with Gasteiger partial charge in [0.25, 0.3) is 0 Å². The SMILES string of the molecule is Cc1cc2ncc(C#N)c(Nc3ccc(F)c(Cl)c3)c2cc1CC(=O)/C=C/CN(C)Cc1ccc(F)cc1. The number of ketones is 1. The van der Waals surface area contributed by atoms with Crippen LogP contribution in [0.1, 0.15) is 22.3 Å². The number of hydrogen-bond acceptors (Lipinski definition) is 5. The normalized spacial score (nSPS) is 11.3. The van der Waals surface area contributed by atoms with E-state index < -0.39 is 5.82 Å². The average molecular weight is 531 g/mol. The fourth-order valence-corrected chi connectivity index (χ4v) is 4.27. The highest BCUT2D eigenvalue weighted by atomic mass is 35.5. The van der Waals surface area contributed by atoms with E-state index in [2.05, 4.69) is 16.4 Å². The molecule has 4 rings (SSSR count). The maximum atomic E-state index is 13.6. The quantitative estimate of drug-likeness (QED) is 0.239. The Hall–Kier alpha value is -4.12. The highest BCUT2D eigenvalue weighted by Crippen LogP contribution is 2.32. The number of nitrogens with zero attached hydrogens (tertiary/aromatic N) is 3. The smallest absolute Gasteiger partial charge is 0.159 e. The molecule has 0 fully saturated rings. The highest BCUT2D eigenvalue weighted by Gasteiger charge is 2.14. The summed E-state index contributed by atoms with van der Waals surface area (Å²) in [7, 11) is 1.92. The number of aromatic nitrogens is 1. The Bertz CT molecular complexity index is 1560. The van der Waals surface area contributed by atoms with E-state index in [1.165, 1.54) is 36.5 Å². The van der Waals surface area contributed by atoms with Crippen LogP contribution in [-0.4, -0.2) is 29.3 Å². The first-order chi connectivity index (χ1) is 18.2. The number of rotatable bonds is 9. The number of pyridine rings is 1. The molecule has 0 aliphatic heterocycles. The van der Waals surface area contributed by atoms with Crippen molar-refractivity contribution >= 4 is 39.7 Å². The number of hydrogen-bond donors (Lipinski definition) is 1. The number of carbonyl (C=O) groups is 1. The maximum absolute atomic E-state index is 13.6. The molecule has 38 heavy (non-hydrogen) atoms. The van der Waals surface area contributed by atoms with E-state index in [0.29, 0.717) is 40.9 Å². The van der Waals surface area contributed by atoms with Gasteiger partial charge in [-0.15, -0.1) is 0 Å². The predicted octanol–water partition coefficient (Wildman–Crippen LogP) is 6.89. The van der Waals surface area contributed by atoms with Crippen molar-refractivity contribution in [2.75, 3.05) is 18.9 Å². The van der Waals surface area contributed by atoms with Crippen LogP contribution in [0.3, 0.4) is 0 Å². The van der Waals surface area contributed by atoms with Crippen molar-refractivity contribution in [3.63, 3.8) is 0 Å². The molecule has 4 aromatic rings. The minimum Gasteiger partial charge on any atom is -0.354 e. The van der Waals surface area contributed by atoms with E-state index in [0.717, 1.165) is 16.7 Å². The lowest BCUT2D eigenvalue weighted by molar-refractivity contribution is -0.114. The van der Waals surface area contributed by atoms with Crippen molar-refractivity contribution < 1.29 is 13.6 Å². The highest BCUT2D eigenvalue weighted by molar-refractivity contribution is 6.31. The number of fused-ring (bicyclic) bond motifs is 1. The van der Waals surface area contributed by atoms with Gasteiger partial charge in [0.05, 0.1) is 21.8 Å². The van der Waals surface area contributed by atoms with Crippen LogP contribution in [0.25, 0.3) is 10.9 Å². The number of carbonyl (C=O) groups excluding carboxylic acids is 1. The molecule has 0 spiro atoms. The van der Waals surface area contributed by atoms with Crippen molar-refractivity contribution in [1.29, 1.82) is 5.26 Å². The zero-order chi connectivity index (χ0) is 27.2. The molecule has 0 unspecified atom stereocenters. The largest absolute Gasteiger partial charge is 0.354 e. The molecule has 0 atom stereocenters. The molecule has 0 radical (unpaired) electrons. The van der Waals surface area contributed by atoms with Crippen LogP contribution in [0.4, 0.5) is 20.2 Å². The Kier molecular flexibility index (Phi) is 8.47. The van der Waals surface area contributed by atoms with Gasteiger partial charge in [-0.2, -0.15) is 5.26 Å². The Morgan fingerprint density at radius 3 is 2.63 bits per heavy atom. The van der Waals surface area contributed by atoms with Gasteiger partial charge in [0.1, 0.15) is 17.7 Å². The Balaban J connectivity index is 1.51. The van der Waals surface area contributed by atoms with Crippen LogP contribution in [0, 0.1) is 29.9 Å². The summed E-state index contributed by atoms with van der Waals surface area (Å²) in [5, 5.41) is 13.5. The second kappa shape index (κ2) is 12.0. The summed E-state index contributed by atoms with van der Waals surface area (Å²) in [6.07, 6.45) is 5.03. The molecule has 0 saturated heterocycles. The molecule has 0 aliphatic carbocycles. The molecule has 0 amide bonds. The van der Waals surface area contributed by atoms with Crippen molar-refractivity contribution in [2.24, 2.45) is 0 Å². The van der Waals surface area contributed by atoms with Crippen LogP contribution in [0.2, 0.25) is 5.02 Å². The number of aryl methyl sites for hydroxylation is 1. The van der Waals surface area contributed by atoms with Gasteiger partial charge in [-0.1, -0.05) is 29.8 Å². The van der Waals surface area contributed by atoms with E-state index in [9.17, 15) is 18.8 Å². The number of halogens is 3. The Morgan fingerprint density at radius 2 is 1.92 bits per heavy atom. The monoisotopic (exact) mass is 530 g/mol. The first-order valence-electron chi connectivity index (χ1n) is 11.9. The maximum Gasteiger partial charge on any atom is 0.159 e. The third-order valence-corrected chi connectivity index (χ3v) is 6.38. The lowest BCUT2D eigenvalue weighted by Crippen LogP contribution is -2.17. The molecule has 192 valence electrons. The molecule has 8 heteroatoms. The summed E-state index contributed by atoms with van der Waals surface area (Å²) >= 11 is 5.93. The van der Waals surface area contributed by atoms with Gasteiger partial charge in [0.2, 0.25) is 0 Å². The van der Waals surface area contributed by atoms with E-state index >= 15 is 0 Å². The fourth-order valence-electron chi connectivity index (χ4n) is 4.09. The van der Waals surface area contributed by atoms with E-state index in [1.807, 2.05) is 37.1 Å². The molecule has 3 aromatic carbocycles. The zero-order valence-corrected chi connectivity index (χ0v) is 21.7. The summed E-state index contributed by atoms with van der Waals surface area (Å²) in [4.78, 5) is 19.2. The van der Waals surface area contributed by atoms with Crippen LogP contribution in [0.15, 0.2) is 72.9 Å². The number of nitriles is 1. The van der Waals surface area contributed by atoms with Gasteiger partial charge >= 0.3 is 0 Å². The topological polar surface area (TPSA) is 69.0 Å². The molecule has 1 aromatic heterocycles. The van der Waals surface area contributed by atoms with Gasteiger partial charge in [0.15, 0.2) is 5.78 Å². The van der Waals surface area contributed by atoms with Crippen molar-refractivity contribution in [3.8, 4) is 6.07 Å². The lowest BCUT2D eigenvalue weighted by Gasteiger charge is -2.15. The van der Waals surface area contributed by atoms with Crippen LogP contribution >= 0.6 is 11.6 Å². The van der Waals surface area contributed by atoms with Crippen molar-refractivity contribution in [2.45, 2.75) is 19.9 Å². The molecule has 0 saturated carbocycles. The second-order valence-corrected chi connectivity index (χ2v) is 9.48. The van der Waals surface area contributed by atoms with E-state index in [1.54, 1.807) is 18.2 Å². The predicted molar refractivity (Wildman–Crippen MR) is 146 cm³/mol. The van der Waals surface area contributed by atoms with Gasteiger partial charge in [-0.3, -0.25) is 14.7 Å². The zero-order valence-electron chi connectivity index (χ0n) is 20.9. The molecule has 1 N–H and O–H groups in total. The van der Waals surface area contributed by atoms with Crippen molar-refractivity contribution in [3.05, 3.63) is 112 Å². The summed E-state index contributed by atoms with van der Waals surface area (Å²) in [6, 6.07) is 16.4. The molecule has 1 heterocycles. The van der Waals surface area contributed by atoms with Gasteiger partial charge in [-0.25, -0.2) is 8.78 Å². The Morgan fingerprint density at radius 1 is 1.16 bits per heavy atom. The van der Waals surface area contributed by atoms with Gasteiger partial charge in [-0.05, 0) is 79.2 Å². The minimum atomic E-state index is -0.538. The average Bonchev–Trinajstić information content (AvgIpc) is 2.88. The van der Waals surface area contributed by atoms with Crippen LogP contribution in [-0.2, 0) is 17.8 Å². The molecular weight excluding hydrogens is 506 g/mol. The first-order valence-corrected chi connectivity index (χ1v) is 12.3. The van der Waals surface area contributed by atoms with E-state index in [-0.39, 0.29) is 23.0 Å². The van der Waals surface area contributed by atoms with Gasteiger partial charge in [0, 0.05) is 36.8 Å². The summed E-state index contributed by atoms with van der Waals surface area (Å²) in [5.41, 5.74) is 4.69. The third kappa shape index (κ3) is 6.60. The number of anilines is 2. The molecule has 0 bridgehead atoms. The fraction of sp³-hybridized carbons (Fsp3) is 0.167. The van der Waals surface area contributed by atoms with Crippen LogP contribution < -0.4 is 5.32 Å². The first kappa shape index (κ1) is 26.9. The standard InChI is InChI=1S/C30H25ClF2N4O/c1-19-12-29-26(30(22(16-34)17-35-29)36-24-9-10-28(33)27(31)15-24)14-21(19)13-25(38)4-3-11-37(2)18-20-5-7-23(32)8-6-20/h3-10,12,14-15,17H,11,13,18H2,1-2H3,(H,35,36)/b4-3+. The molecular formula is C30H25ClF2N4O. The molecule has 0 aliphatic rings. The number of allylic oxidation sites excluding steroid dienone is 1. The van der Waals surface area contributed by atoms with Crippen molar-refractivity contribution in [1.82, 2.24) is 9.88 Å². The van der Waals surface area contributed by atoms with Crippen LogP contribution in [0.5, 0.6) is 0 Å². The number of likely N-dealkylation sites (N-methyl/N-ethyl adjacent to an activating group) is 1. The lowest BCUT2D eigenvalue weighted by atomic mass is 9.98. The summed E-state index contributed by atoms with van der Waals surface area (Å²) < 4.78 is 26.7. The molecule has 5 nitrogen and oxygen atoms in total. The summed E-state index contributed by atoms with van der Waals surface area (Å²) in [5.74, 6) is -0.872. The second-order valence-electron chi connectivity index (χ2n) is 9.08. The number of nitrogens with one attached hydrogen (secondary N) is 1. The van der Waals surface area contributed by atoms with E-state index in [4.69, 9.17) is 11.6 Å². The Labute approximate surface area is 225 Å². The number of benzene rings is 3.